The van der Waals surface area contributed by atoms with Gasteiger partial charge in [-0.2, -0.15) is 0 Å². The van der Waals surface area contributed by atoms with Gasteiger partial charge in [-0.25, -0.2) is 4.39 Å². The second-order valence-electron chi connectivity index (χ2n) is 4.68. The number of hydrogen-bond donors (Lipinski definition) is 2. The fourth-order valence-corrected chi connectivity index (χ4v) is 1.90. The first kappa shape index (κ1) is 14.7. The number of halogens is 1. The van der Waals surface area contributed by atoms with Crippen molar-refractivity contribution >= 4 is 23.2 Å². The molecule has 0 spiro atoms. The first-order valence-electron chi connectivity index (χ1n) is 6.41. The molecule has 2 aromatic rings. The molecule has 0 atom stereocenters. The summed E-state index contributed by atoms with van der Waals surface area (Å²) in [6, 6.07) is 10.8. The van der Waals surface area contributed by atoms with Crippen molar-refractivity contribution in [1.82, 2.24) is 0 Å². The lowest BCUT2D eigenvalue weighted by Crippen LogP contribution is -2.29. The molecule has 0 heterocycles. The number of carbonyl (C=O) groups excluding carboxylic acids is 2. The van der Waals surface area contributed by atoms with Gasteiger partial charge >= 0.3 is 11.8 Å². The second-order valence-corrected chi connectivity index (χ2v) is 4.68. The largest absolute Gasteiger partial charge is 0.318 e. The molecule has 0 fully saturated rings. The Morgan fingerprint density at radius 1 is 0.857 bits per heavy atom. The van der Waals surface area contributed by atoms with E-state index in [9.17, 15) is 14.0 Å². The molecule has 0 aliphatic heterocycles. The van der Waals surface area contributed by atoms with Gasteiger partial charge in [-0.3, -0.25) is 9.59 Å². The third-order valence-electron chi connectivity index (χ3n) is 3.03. The summed E-state index contributed by atoms with van der Waals surface area (Å²) in [5.41, 5.74) is 2.73. The van der Waals surface area contributed by atoms with Gasteiger partial charge in [-0.1, -0.05) is 18.2 Å². The van der Waals surface area contributed by atoms with E-state index in [0.717, 1.165) is 11.1 Å². The van der Waals surface area contributed by atoms with Crippen LogP contribution in [0.4, 0.5) is 15.8 Å². The summed E-state index contributed by atoms with van der Waals surface area (Å²) < 4.78 is 12.8. The Labute approximate surface area is 122 Å². The van der Waals surface area contributed by atoms with Crippen LogP contribution in [0.3, 0.4) is 0 Å². The van der Waals surface area contributed by atoms with Crippen molar-refractivity contribution in [2.24, 2.45) is 0 Å². The molecule has 0 saturated heterocycles. The topological polar surface area (TPSA) is 58.2 Å². The number of carbonyl (C=O) groups is 2. The highest BCUT2D eigenvalue weighted by molar-refractivity contribution is 6.43. The molecular weight excluding hydrogens is 271 g/mol. The van der Waals surface area contributed by atoms with Crippen LogP contribution >= 0.6 is 0 Å². The first-order chi connectivity index (χ1) is 9.97. The Kier molecular flexibility index (Phi) is 4.33. The number of amides is 2. The third-order valence-corrected chi connectivity index (χ3v) is 3.03. The van der Waals surface area contributed by atoms with Gasteiger partial charge in [-0.05, 0) is 49.2 Å². The molecule has 2 aromatic carbocycles. The molecule has 2 rings (SSSR count). The SMILES string of the molecule is Cc1cccc(C)c1NC(=O)C(=O)Nc1ccc(F)cc1. The zero-order valence-corrected chi connectivity index (χ0v) is 11.7. The summed E-state index contributed by atoms with van der Waals surface area (Å²) in [5, 5.41) is 5.00. The van der Waals surface area contributed by atoms with Gasteiger partial charge in [0.2, 0.25) is 0 Å². The Hall–Kier alpha value is -2.69. The molecule has 0 unspecified atom stereocenters. The maximum absolute atomic E-state index is 12.8. The molecular formula is C16H15FN2O2. The molecule has 21 heavy (non-hydrogen) atoms. The standard InChI is InChI=1S/C16H15FN2O2/c1-10-4-3-5-11(2)14(10)19-16(21)15(20)18-13-8-6-12(17)7-9-13/h3-9H,1-2H3,(H,18,20)(H,19,21). The first-order valence-corrected chi connectivity index (χ1v) is 6.41. The van der Waals surface area contributed by atoms with Gasteiger partial charge in [0.1, 0.15) is 5.82 Å². The Bertz CT molecular complexity index is 661. The summed E-state index contributed by atoms with van der Waals surface area (Å²) in [6.07, 6.45) is 0. The zero-order valence-electron chi connectivity index (χ0n) is 11.7. The highest BCUT2D eigenvalue weighted by Gasteiger charge is 2.15. The zero-order chi connectivity index (χ0) is 15.4. The van der Waals surface area contributed by atoms with E-state index in [1.165, 1.54) is 24.3 Å². The van der Waals surface area contributed by atoms with Crippen molar-refractivity contribution in [3.8, 4) is 0 Å². The summed E-state index contributed by atoms with van der Waals surface area (Å²) in [7, 11) is 0. The average molecular weight is 286 g/mol. The molecule has 2 amide bonds. The van der Waals surface area contributed by atoms with Crippen LogP contribution in [0.5, 0.6) is 0 Å². The van der Waals surface area contributed by atoms with Crippen LogP contribution in [0, 0.1) is 19.7 Å². The summed E-state index contributed by atoms with van der Waals surface area (Å²) in [5.74, 6) is -1.98. The van der Waals surface area contributed by atoms with Crippen LogP contribution in [-0.2, 0) is 9.59 Å². The normalized spacial score (nSPS) is 10.0. The van der Waals surface area contributed by atoms with Crippen molar-refractivity contribution in [3.05, 3.63) is 59.4 Å². The van der Waals surface area contributed by atoms with E-state index >= 15 is 0 Å². The van der Waals surface area contributed by atoms with E-state index in [4.69, 9.17) is 0 Å². The highest BCUT2D eigenvalue weighted by atomic mass is 19.1. The number of nitrogens with one attached hydrogen (secondary N) is 2. The van der Waals surface area contributed by atoms with Crippen molar-refractivity contribution in [3.63, 3.8) is 0 Å². The van der Waals surface area contributed by atoms with E-state index < -0.39 is 17.6 Å². The number of para-hydroxylation sites is 1. The van der Waals surface area contributed by atoms with E-state index in [1.54, 1.807) is 0 Å². The monoisotopic (exact) mass is 286 g/mol. The highest BCUT2D eigenvalue weighted by Crippen LogP contribution is 2.19. The molecule has 0 aliphatic carbocycles. The van der Waals surface area contributed by atoms with E-state index in [2.05, 4.69) is 10.6 Å². The predicted molar refractivity (Wildman–Crippen MR) is 79.6 cm³/mol. The van der Waals surface area contributed by atoms with E-state index in [1.807, 2.05) is 32.0 Å². The maximum Gasteiger partial charge on any atom is 0.314 e. The molecule has 0 aromatic heterocycles. The van der Waals surface area contributed by atoms with Crippen LogP contribution < -0.4 is 10.6 Å². The Morgan fingerprint density at radius 2 is 1.38 bits per heavy atom. The van der Waals surface area contributed by atoms with Crippen molar-refractivity contribution in [2.75, 3.05) is 10.6 Å². The number of rotatable bonds is 2. The fourth-order valence-electron chi connectivity index (χ4n) is 1.90. The predicted octanol–water partition coefficient (Wildman–Crippen LogP) is 3.02. The van der Waals surface area contributed by atoms with Gasteiger partial charge in [0.15, 0.2) is 0 Å². The van der Waals surface area contributed by atoms with Crippen LogP contribution in [0.2, 0.25) is 0 Å². The van der Waals surface area contributed by atoms with Gasteiger partial charge < -0.3 is 10.6 Å². The molecule has 5 heteroatoms. The molecule has 0 aliphatic rings. The minimum Gasteiger partial charge on any atom is -0.318 e. The van der Waals surface area contributed by atoms with Crippen molar-refractivity contribution < 1.29 is 14.0 Å². The Balaban J connectivity index is 2.06. The van der Waals surface area contributed by atoms with Crippen LogP contribution in [0.25, 0.3) is 0 Å². The fraction of sp³-hybridized carbons (Fsp3) is 0.125. The number of anilines is 2. The maximum atomic E-state index is 12.8. The van der Waals surface area contributed by atoms with Crippen molar-refractivity contribution in [1.29, 1.82) is 0 Å². The quantitative estimate of drug-likeness (QED) is 0.834. The number of aryl methyl sites for hydroxylation is 2. The minimum atomic E-state index is -0.802. The summed E-state index contributed by atoms with van der Waals surface area (Å²) >= 11 is 0. The molecule has 2 N–H and O–H groups in total. The molecule has 0 saturated carbocycles. The van der Waals surface area contributed by atoms with Crippen LogP contribution in [0.1, 0.15) is 11.1 Å². The molecule has 0 radical (unpaired) electrons. The summed E-state index contributed by atoms with van der Waals surface area (Å²) in [6.45, 7) is 3.70. The number of hydrogen-bond acceptors (Lipinski definition) is 2. The Morgan fingerprint density at radius 3 is 1.95 bits per heavy atom. The average Bonchev–Trinajstić information content (AvgIpc) is 2.45. The lowest BCUT2D eigenvalue weighted by Gasteiger charge is -2.11. The van der Waals surface area contributed by atoms with Gasteiger partial charge in [0, 0.05) is 11.4 Å². The number of benzene rings is 2. The van der Waals surface area contributed by atoms with E-state index in [0.29, 0.717) is 11.4 Å². The van der Waals surface area contributed by atoms with Crippen LogP contribution in [-0.4, -0.2) is 11.8 Å². The van der Waals surface area contributed by atoms with E-state index in [-0.39, 0.29) is 0 Å². The smallest absolute Gasteiger partial charge is 0.314 e. The molecule has 0 bridgehead atoms. The van der Waals surface area contributed by atoms with Gasteiger partial charge in [-0.15, -0.1) is 0 Å². The second kappa shape index (κ2) is 6.17. The molecule has 4 nitrogen and oxygen atoms in total. The lowest BCUT2D eigenvalue weighted by atomic mass is 10.1. The third kappa shape index (κ3) is 3.66. The minimum absolute atomic E-state index is 0.359. The lowest BCUT2D eigenvalue weighted by molar-refractivity contribution is -0.133. The van der Waals surface area contributed by atoms with Crippen LogP contribution in [0.15, 0.2) is 42.5 Å². The van der Waals surface area contributed by atoms with Crippen molar-refractivity contribution in [2.45, 2.75) is 13.8 Å². The van der Waals surface area contributed by atoms with Gasteiger partial charge in [0.05, 0.1) is 0 Å². The summed E-state index contributed by atoms with van der Waals surface area (Å²) in [4.78, 5) is 23.7. The molecule has 108 valence electrons. The van der Waals surface area contributed by atoms with Gasteiger partial charge in [0.25, 0.3) is 0 Å².